The molecule has 1 heterocycles. The van der Waals surface area contributed by atoms with Crippen LogP contribution >= 0.6 is 11.8 Å². The molecule has 1 aromatic heterocycles. The van der Waals surface area contributed by atoms with Gasteiger partial charge in [0.05, 0.1) is 12.9 Å². The molecule has 0 unspecified atom stereocenters. The fourth-order valence-corrected chi connectivity index (χ4v) is 2.32. The second kappa shape index (κ2) is 7.09. The van der Waals surface area contributed by atoms with Gasteiger partial charge in [0.15, 0.2) is 0 Å². The molecule has 0 aliphatic rings. The Kier molecular flexibility index (Phi) is 5.18. The normalized spacial score (nSPS) is 12.1. The third-order valence-corrected chi connectivity index (χ3v) is 3.70. The monoisotopic (exact) mass is 309 g/mol. The van der Waals surface area contributed by atoms with E-state index in [1.807, 2.05) is 24.3 Å². The second-order valence-corrected chi connectivity index (χ2v) is 5.23. The molecule has 0 bridgehead atoms. The first kappa shape index (κ1) is 15.3. The number of aromatic nitrogens is 2. The molecule has 3 N–H and O–H groups in total. The van der Waals surface area contributed by atoms with Crippen LogP contribution < -0.4 is 10.5 Å². The molecule has 0 aliphatic carbocycles. The molecule has 0 saturated carbocycles. The molecule has 112 valence electrons. The van der Waals surface area contributed by atoms with Gasteiger partial charge in [0.25, 0.3) is 0 Å². The molecule has 0 amide bonds. The number of ether oxygens (including phenoxy) is 1. The molecule has 2 aromatic rings. The number of rotatable bonds is 7. The van der Waals surface area contributed by atoms with E-state index in [1.165, 1.54) is 11.8 Å². The Morgan fingerprint density at radius 2 is 2.19 bits per heavy atom. The highest BCUT2D eigenvalue weighted by molar-refractivity contribution is 7.98. The summed E-state index contributed by atoms with van der Waals surface area (Å²) < 4.78 is 10.2. The lowest BCUT2D eigenvalue weighted by atomic mass is 10.2. The van der Waals surface area contributed by atoms with Gasteiger partial charge in [0.1, 0.15) is 11.8 Å². The lowest BCUT2D eigenvalue weighted by Crippen LogP contribution is -2.32. The van der Waals surface area contributed by atoms with Crippen molar-refractivity contribution >= 4 is 17.7 Å². The van der Waals surface area contributed by atoms with Crippen molar-refractivity contribution < 1.29 is 19.2 Å². The first-order valence-electron chi connectivity index (χ1n) is 6.13. The van der Waals surface area contributed by atoms with Gasteiger partial charge in [-0.05, 0) is 24.3 Å². The van der Waals surface area contributed by atoms with Crippen molar-refractivity contribution in [3.63, 3.8) is 0 Å². The number of thioether (sulfide) groups is 1. The summed E-state index contributed by atoms with van der Waals surface area (Å²) in [5.74, 6) is 1.35. The summed E-state index contributed by atoms with van der Waals surface area (Å²) in [6.45, 7) is 0. The predicted octanol–water partition coefficient (Wildman–Crippen LogP) is 1.39. The lowest BCUT2D eigenvalue weighted by Gasteiger charge is -2.03. The Morgan fingerprint density at radius 3 is 2.81 bits per heavy atom. The van der Waals surface area contributed by atoms with Crippen LogP contribution in [-0.2, 0) is 10.5 Å². The summed E-state index contributed by atoms with van der Waals surface area (Å²) in [7, 11) is 1.60. The molecular weight excluding hydrogens is 294 g/mol. The molecule has 21 heavy (non-hydrogen) atoms. The minimum absolute atomic E-state index is 0.287. The topological polar surface area (TPSA) is 111 Å². The zero-order chi connectivity index (χ0) is 15.2. The number of hydrogen-bond donors (Lipinski definition) is 2. The van der Waals surface area contributed by atoms with E-state index in [2.05, 4.69) is 10.1 Å². The Balaban J connectivity index is 1.93. The van der Waals surface area contributed by atoms with E-state index in [4.69, 9.17) is 20.1 Å². The number of aliphatic carboxylic acids is 1. The standard InChI is InChI=1S/C13H15N3O4S/c1-19-9-4-2-8(3-5-9)12-15-11(20-16-12)7-21-6-10(14)13(17)18/h2-5,10H,6-7,14H2,1H3,(H,17,18)/t10-/m0/s1. The van der Waals surface area contributed by atoms with Crippen LogP contribution in [0.3, 0.4) is 0 Å². The highest BCUT2D eigenvalue weighted by Crippen LogP contribution is 2.21. The average Bonchev–Trinajstić information content (AvgIpc) is 2.96. The van der Waals surface area contributed by atoms with Crippen LogP contribution in [0.1, 0.15) is 5.89 Å². The highest BCUT2D eigenvalue weighted by Gasteiger charge is 2.13. The van der Waals surface area contributed by atoms with Crippen molar-refractivity contribution in [3.05, 3.63) is 30.2 Å². The van der Waals surface area contributed by atoms with Crippen LogP contribution in [0.4, 0.5) is 0 Å². The second-order valence-electron chi connectivity index (χ2n) is 4.20. The number of carbonyl (C=O) groups is 1. The van der Waals surface area contributed by atoms with Gasteiger partial charge in [-0.1, -0.05) is 5.16 Å². The summed E-state index contributed by atoms with van der Waals surface area (Å²) >= 11 is 1.34. The maximum atomic E-state index is 10.6. The van der Waals surface area contributed by atoms with Gasteiger partial charge in [-0.2, -0.15) is 4.98 Å². The Morgan fingerprint density at radius 1 is 1.48 bits per heavy atom. The summed E-state index contributed by atoms with van der Waals surface area (Å²) in [6, 6.07) is 6.40. The Hall–Kier alpha value is -2.06. The van der Waals surface area contributed by atoms with Crippen LogP contribution in [-0.4, -0.2) is 40.1 Å². The smallest absolute Gasteiger partial charge is 0.321 e. The third-order valence-electron chi connectivity index (χ3n) is 2.66. The van der Waals surface area contributed by atoms with Crippen molar-refractivity contribution in [2.24, 2.45) is 5.73 Å². The van der Waals surface area contributed by atoms with E-state index in [1.54, 1.807) is 7.11 Å². The van der Waals surface area contributed by atoms with E-state index >= 15 is 0 Å². The first-order chi connectivity index (χ1) is 10.1. The van der Waals surface area contributed by atoms with Crippen molar-refractivity contribution in [2.45, 2.75) is 11.8 Å². The first-order valence-corrected chi connectivity index (χ1v) is 7.28. The maximum absolute atomic E-state index is 10.6. The van der Waals surface area contributed by atoms with Gasteiger partial charge in [-0.25, -0.2) is 0 Å². The zero-order valence-electron chi connectivity index (χ0n) is 11.4. The van der Waals surface area contributed by atoms with E-state index in [0.29, 0.717) is 17.5 Å². The molecule has 2 rings (SSSR count). The molecule has 1 aromatic carbocycles. The fourth-order valence-electron chi connectivity index (χ4n) is 1.52. The van der Waals surface area contributed by atoms with Crippen LogP contribution in [0.15, 0.2) is 28.8 Å². The zero-order valence-corrected chi connectivity index (χ0v) is 12.2. The quantitative estimate of drug-likeness (QED) is 0.789. The minimum Gasteiger partial charge on any atom is -0.497 e. The lowest BCUT2D eigenvalue weighted by molar-refractivity contribution is -0.137. The summed E-state index contributed by atoms with van der Waals surface area (Å²) in [5.41, 5.74) is 6.22. The number of carboxylic acid groups (broad SMARTS) is 1. The number of nitrogens with two attached hydrogens (primary N) is 1. The van der Waals surface area contributed by atoms with E-state index in [0.717, 1.165) is 11.3 Å². The summed E-state index contributed by atoms with van der Waals surface area (Å²) in [6.07, 6.45) is 0. The van der Waals surface area contributed by atoms with Crippen molar-refractivity contribution in [1.29, 1.82) is 0 Å². The van der Waals surface area contributed by atoms with Crippen LogP contribution in [0, 0.1) is 0 Å². The molecule has 7 nitrogen and oxygen atoms in total. The molecule has 8 heteroatoms. The van der Waals surface area contributed by atoms with Gasteiger partial charge in [0, 0.05) is 11.3 Å². The molecular formula is C13H15N3O4S. The molecule has 0 spiro atoms. The Bertz CT molecular complexity index is 600. The summed E-state index contributed by atoms with van der Waals surface area (Å²) in [5, 5.41) is 12.6. The number of benzene rings is 1. The summed E-state index contributed by atoms with van der Waals surface area (Å²) in [4.78, 5) is 14.8. The number of methoxy groups -OCH3 is 1. The average molecular weight is 309 g/mol. The molecule has 0 radical (unpaired) electrons. The van der Waals surface area contributed by atoms with Gasteiger partial charge >= 0.3 is 5.97 Å². The van der Waals surface area contributed by atoms with Crippen LogP contribution in [0.5, 0.6) is 5.75 Å². The highest BCUT2D eigenvalue weighted by atomic mass is 32.2. The van der Waals surface area contributed by atoms with Crippen molar-refractivity contribution in [3.8, 4) is 17.1 Å². The van der Waals surface area contributed by atoms with Gasteiger partial charge in [-0.3, -0.25) is 4.79 Å². The SMILES string of the molecule is COc1ccc(-c2noc(CSC[C@H](N)C(=O)O)n2)cc1. The van der Waals surface area contributed by atoms with Crippen molar-refractivity contribution in [1.82, 2.24) is 10.1 Å². The number of hydrogen-bond acceptors (Lipinski definition) is 7. The minimum atomic E-state index is -1.02. The van der Waals surface area contributed by atoms with Crippen molar-refractivity contribution in [2.75, 3.05) is 12.9 Å². The van der Waals surface area contributed by atoms with Crippen LogP contribution in [0.25, 0.3) is 11.4 Å². The molecule has 0 saturated heterocycles. The predicted molar refractivity (Wildman–Crippen MR) is 78.1 cm³/mol. The third kappa shape index (κ3) is 4.20. The van der Waals surface area contributed by atoms with Crippen LogP contribution in [0.2, 0.25) is 0 Å². The van der Waals surface area contributed by atoms with Gasteiger partial charge in [0.2, 0.25) is 11.7 Å². The Labute approximate surface area is 125 Å². The molecule has 1 atom stereocenters. The van der Waals surface area contributed by atoms with E-state index in [9.17, 15) is 4.79 Å². The fraction of sp³-hybridized carbons (Fsp3) is 0.308. The molecule has 0 fully saturated rings. The molecule has 0 aliphatic heterocycles. The van der Waals surface area contributed by atoms with E-state index in [-0.39, 0.29) is 5.75 Å². The van der Waals surface area contributed by atoms with Gasteiger partial charge in [-0.15, -0.1) is 11.8 Å². The number of nitrogens with zero attached hydrogens (tertiary/aromatic N) is 2. The van der Waals surface area contributed by atoms with E-state index < -0.39 is 12.0 Å². The largest absolute Gasteiger partial charge is 0.497 e. The maximum Gasteiger partial charge on any atom is 0.321 e. The number of carboxylic acids is 1. The van der Waals surface area contributed by atoms with Gasteiger partial charge < -0.3 is 20.1 Å².